The number of aromatic nitrogens is 2. The van der Waals surface area contributed by atoms with Crippen LogP contribution in [0.1, 0.15) is 48.0 Å². The molecule has 2 heterocycles. The fourth-order valence-corrected chi connectivity index (χ4v) is 3.76. The Hall–Kier alpha value is -2.37. The molecule has 6 nitrogen and oxygen atoms in total. The van der Waals surface area contributed by atoms with E-state index in [4.69, 9.17) is 9.26 Å². The lowest BCUT2D eigenvalue weighted by molar-refractivity contribution is -0.134. The molecule has 1 fully saturated rings. The fourth-order valence-electron chi connectivity index (χ4n) is 3.76. The van der Waals surface area contributed by atoms with Crippen molar-refractivity contribution in [3.8, 4) is 5.75 Å². The summed E-state index contributed by atoms with van der Waals surface area (Å²) in [7, 11) is 0. The number of nitrogens with zero attached hydrogens (tertiary/aromatic N) is 3. The molecule has 0 radical (unpaired) electrons. The third-order valence-electron chi connectivity index (χ3n) is 5.10. The average Bonchev–Trinajstić information content (AvgIpc) is 3.28. The molecular formula is C19H23N3O3. The third kappa shape index (κ3) is 3.52. The molecule has 25 heavy (non-hydrogen) atoms. The Bertz CT molecular complexity index is 771. The minimum atomic E-state index is 0.0152. The predicted octanol–water partition coefficient (Wildman–Crippen LogP) is 2.65. The first-order chi connectivity index (χ1) is 12.2. The maximum Gasteiger partial charge on any atom is 0.260 e. The van der Waals surface area contributed by atoms with Crippen molar-refractivity contribution < 1.29 is 14.1 Å². The lowest BCUT2D eigenvalue weighted by atomic mass is 9.98. The number of carbonyl (C=O) groups excluding carboxylic acids is 1. The number of fused-ring (bicyclic) bond motifs is 1. The Labute approximate surface area is 147 Å². The largest absolute Gasteiger partial charge is 0.484 e. The molecule has 1 saturated heterocycles. The van der Waals surface area contributed by atoms with E-state index in [0.717, 1.165) is 38.0 Å². The van der Waals surface area contributed by atoms with Crippen LogP contribution in [0.5, 0.6) is 5.75 Å². The first kappa shape index (κ1) is 16.1. The van der Waals surface area contributed by atoms with Crippen LogP contribution in [0.15, 0.2) is 22.7 Å². The number of benzene rings is 1. The summed E-state index contributed by atoms with van der Waals surface area (Å²) >= 11 is 0. The first-order valence-electron chi connectivity index (χ1n) is 9.01. The number of ether oxygens (including phenoxy) is 1. The van der Waals surface area contributed by atoms with Crippen molar-refractivity contribution in [2.75, 3.05) is 19.7 Å². The Morgan fingerprint density at radius 1 is 1.32 bits per heavy atom. The van der Waals surface area contributed by atoms with Crippen molar-refractivity contribution in [2.45, 2.75) is 44.9 Å². The summed E-state index contributed by atoms with van der Waals surface area (Å²) < 4.78 is 11.0. The zero-order valence-electron chi connectivity index (χ0n) is 14.5. The van der Waals surface area contributed by atoms with Gasteiger partial charge in [0.1, 0.15) is 5.75 Å². The fraction of sp³-hybridized carbons (Fsp3) is 0.526. The summed E-state index contributed by atoms with van der Waals surface area (Å²) in [5, 5.41) is 3.85. The summed E-state index contributed by atoms with van der Waals surface area (Å²) in [5.41, 5.74) is 2.77. The molecule has 4 rings (SSSR count). The average molecular weight is 341 g/mol. The monoisotopic (exact) mass is 341 g/mol. The zero-order chi connectivity index (χ0) is 17.2. The summed E-state index contributed by atoms with van der Waals surface area (Å²) in [6.45, 7) is 3.27. The highest BCUT2D eigenvalue weighted by molar-refractivity contribution is 5.78. The van der Waals surface area contributed by atoms with Gasteiger partial charge in [-0.05, 0) is 62.3 Å². The minimum Gasteiger partial charge on any atom is -0.484 e. The molecule has 0 bridgehead atoms. The molecule has 2 aliphatic rings. The number of carbonyl (C=O) groups is 1. The van der Waals surface area contributed by atoms with Crippen molar-refractivity contribution in [1.29, 1.82) is 0 Å². The van der Waals surface area contributed by atoms with Crippen molar-refractivity contribution in [1.82, 2.24) is 15.0 Å². The standard InChI is InChI=1S/C19H23N3O3/c1-13-20-19(25-21-13)16-6-3-9-22(11-16)18(23)12-24-17-8-7-14-4-2-5-15(14)10-17/h7-8,10,16H,2-6,9,11-12H2,1H3. The van der Waals surface area contributed by atoms with Crippen LogP contribution in [-0.2, 0) is 17.6 Å². The number of aryl methyl sites for hydroxylation is 3. The van der Waals surface area contributed by atoms with Crippen LogP contribution in [0.3, 0.4) is 0 Å². The molecule has 1 atom stereocenters. The van der Waals surface area contributed by atoms with E-state index >= 15 is 0 Å². The minimum absolute atomic E-state index is 0.0152. The summed E-state index contributed by atoms with van der Waals surface area (Å²) in [4.78, 5) is 18.7. The zero-order valence-corrected chi connectivity index (χ0v) is 14.5. The Morgan fingerprint density at radius 2 is 2.20 bits per heavy atom. The van der Waals surface area contributed by atoms with Crippen LogP contribution in [-0.4, -0.2) is 40.6 Å². The van der Waals surface area contributed by atoms with Gasteiger partial charge in [0.05, 0.1) is 5.92 Å². The van der Waals surface area contributed by atoms with Crippen LogP contribution in [0.4, 0.5) is 0 Å². The van der Waals surface area contributed by atoms with E-state index in [1.54, 1.807) is 0 Å². The summed E-state index contributed by atoms with van der Waals surface area (Å²) in [6.07, 6.45) is 5.38. The Balaban J connectivity index is 1.34. The van der Waals surface area contributed by atoms with Crippen molar-refractivity contribution >= 4 is 5.91 Å². The number of hydrogen-bond donors (Lipinski definition) is 0. The molecule has 0 N–H and O–H groups in total. The van der Waals surface area contributed by atoms with E-state index < -0.39 is 0 Å². The van der Waals surface area contributed by atoms with E-state index in [1.807, 2.05) is 17.9 Å². The number of hydrogen-bond acceptors (Lipinski definition) is 5. The molecule has 0 saturated carbocycles. The lowest BCUT2D eigenvalue weighted by Crippen LogP contribution is -2.41. The SMILES string of the molecule is Cc1noc(C2CCCN(C(=O)COc3ccc4c(c3)CCC4)C2)n1. The van der Waals surface area contributed by atoms with Crippen molar-refractivity contribution in [2.24, 2.45) is 0 Å². The van der Waals surface area contributed by atoms with Crippen LogP contribution < -0.4 is 4.74 Å². The van der Waals surface area contributed by atoms with E-state index in [2.05, 4.69) is 22.3 Å². The van der Waals surface area contributed by atoms with Gasteiger partial charge in [0.25, 0.3) is 5.91 Å². The summed E-state index contributed by atoms with van der Waals surface area (Å²) in [6, 6.07) is 6.17. The molecule has 1 amide bonds. The van der Waals surface area contributed by atoms with Gasteiger partial charge in [-0.3, -0.25) is 4.79 Å². The number of amides is 1. The van der Waals surface area contributed by atoms with Gasteiger partial charge in [-0.15, -0.1) is 0 Å². The van der Waals surface area contributed by atoms with Gasteiger partial charge >= 0.3 is 0 Å². The molecule has 6 heteroatoms. The van der Waals surface area contributed by atoms with Gasteiger partial charge in [-0.2, -0.15) is 4.98 Å². The van der Waals surface area contributed by atoms with Gasteiger partial charge in [-0.1, -0.05) is 11.2 Å². The lowest BCUT2D eigenvalue weighted by Gasteiger charge is -2.31. The van der Waals surface area contributed by atoms with Gasteiger partial charge in [0.2, 0.25) is 5.89 Å². The second-order valence-electron chi connectivity index (χ2n) is 6.93. The Morgan fingerprint density at radius 3 is 3.04 bits per heavy atom. The summed E-state index contributed by atoms with van der Waals surface area (Å²) in [5.74, 6) is 2.20. The van der Waals surface area contributed by atoms with Gasteiger partial charge in [-0.25, -0.2) is 0 Å². The van der Waals surface area contributed by atoms with Crippen molar-refractivity contribution in [3.05, 3.63) is 41.0 Å². The first-order valence-corrected chi connectivity index (χ1v) is 9.01. The van der Waals surface area contributed by atoms with Gasteiger partial charge < -0.3 is 14.2 Å². The highest BCUT2D eigenvalue weighted by atomic mass is 16.5. The highest BCUT2D eigenvalue weighted by Gasteiger charge is 2.28. The van der Waals surface area contributed by atoms with Crippen molar-refractivity contribution in [3.63, 3.8) is 0 Å². The number of likely N-dealkylation sites (tertiary alicyclic amines) is 1. The van der Waals surface area contributed by atoms with Crippen LogP contribution in [0, 0.1) is 6.92 Å². The molecule has 1 aliphatic carbocycles. The van der Waals surface area contributed by atoms with E-state index in [0.29, 0.717) is 18.3 Å². The van der Waals surface area contributed by atoms with Crippen LogP contribution in [0.2, 0.25) is 0 Å². The topological polar surface area (TPSA) is 68.5 Å². The Kier molecular flexibility index (Phi) is 4.42. The molecule has 1 aromatic carbocycles. The molecule has 1 unspecified atom stereocenters. The predicted molar refractivity (Wildman–Crippen MR) is 91.6 cm³/mol. The molecule has 1 aromatic heterocycles. The maximum absolute atomic E-state index is 12.5. The highest BCUT2D eigenvalue weighted by Crippen LogP contribution is 2.27. The second-order valence-corrected chi connectivity index (χ2v) is 6.93. The molecule has 2 aromatic rings. The molecule has 1 aliphatic heterocycles. The van der Waals surface area contributed by atoms with Gasteiger partial charge in [0.15, 0.2) is 12.4 Å². The van der Waals surface area contributed by atoms with E-state index in [9.17, 15) is 4.79 Å². The van der Waals surface area contributed by atoms with Crippen LogP contribution in [0.25, 0.3) is 0 Å². The van der Waals surface area contributed by atoms with Crippen LogP contribution >= 0.6 is 0 Å². The normalized spacial score (nSPS) is 19.7. The molecule has 0 spiro atoms. The van der Waals surface area contributed by atoms with Gasteiger partial charge in [0, 0.05) is 13.1 Å². The maximum atomic E-state index is 12.5. The van der Waals surface area contributed by atoms with E-state index in [-0.39, 0.29) is 18.4 Å². The smallest absolute Gasteiger partial charge is 0.260 e. The molecular weight excluding hydrogens is 318 g/mol. The molecule has 132 valence electrons. The number of piperidine rings is 1. The quantitative estimate of drug-likeness (QED) is 0.855. The number of rotatable bonds is 4. The second kappa shape index (κ2) is 6.86. The van der Waals surface area contributed by atoms with E-state index in [1.165, 1.54) is 17.5 Å². The third-order valence-corrected chi connectivity index (χ3v) is 5.10.